The van der Waals surface area contributed by atoms with Crippen LogP contribution in [0.4, 0.5) is 0 Å². The van der Waals surface area contributed by atoms with Crippen molar-refractivity contribution in [2.75, 3.05) is 26.7 Å². The van der Waals surface area contributed by atoms with Crippen LogP contribution in [0.25, 0.3) is 0 Å². The Kier molecular flexibility index (Phi) is 6.03. The molecule has 1 aliphatic heterocycles. The fourth-order valence-electron chi connectivity index (χ4n) is 3.26. The molecular formula is C20H24N4O3. The predicted molar refractivity (Wildman–Crippen MR) is 101 cm³/mol. The van der Waals surface area contributed by atoms with Crippen molar-refractivity contribution in [3.05, 3.63) is 59.9 Å². The third-order valence-electron chi connectivity index (χ3n) is 4.80. The van der Waals surface area contributed by atoms with E-state index in [0.29, 0.717) is 26.2 Å². The van der Waals surface area contributed by atoms with E-state index in [2.05, 4.69) is 4.98 Å². The molecule has 1 aromatic carbocycles. The van der Waals surface area contributed by atoms with E-state index in [1.807, 2.05) is 41.3 Å². The summed E-state index contributed by atoms with van der Waals surface area (Å²) >= 11 is 0. The summed E-state index contributed by atoms with van der Waals surface area (Å²) in [5.74, 6) is 0.331. The van der Waals surface area contributed by atoms with Crippen LogP contribution in [0.3, 0.4) is 0 Å². The largest absolute Gasteiger partial charge is 0.497 e. The Balaban J connectivity index is 1.63. The molecule has 3 rings (SSSR count). The number of hydrogen-bond acceptors (Lipinski definition) is 5. The van der Waals surface area contributed by atoms with E-state index in [1.54, 1.807) is 24.4 Å². The van der Waals surface area contributed by atoms with Gasteiger partial charge in [-0.15, -0.1) is 0 Å². The first kappa shape index (κ1) is 18.8. The molecule has 1 aromatic heterocycles. The standard InChI is InChI=1S/C20H24N4O3/c1-27-17-6-4-15(5-7-17)11-19(25)24-10-9-23(18(14-24)20(21)26)13-16-3-2-8-22-12-16/h2-8,12,18H,9-11,13-14H2,1H3,(H2,21,26). The summed E-state index contributed by atoms with van der Waals surface area (Å²) in [6.07, 6.45) is 3.78. The molecule has 142 valence electrons. The van der Waals surface area contributed by atoms with Gasteiger partial charge < -0.3 is 15.4 Å². The lowest BCUT2D eigenvalue weighted by molar-refractivity contribution is -0.136. The summed E-state index contributed by atoms with van der Waals surface area (Å²) in [7, 11) is 1.61. The summed E-state index contributed by atoms with van der Waals surface area (Å²) in [5.41, 5.74) is 7.54. The number of hydrogen-bond donors (Lipinski definition) is 1. The monoisotopic (exact) mass is 368 g/mol. The molecule has 2 aromatic rings. The summed E-state index contributed by atoms with van der Waals surface area (Å²) in [6.45, 7) is 2.06. The lowest BCUT2D eigenvalue weighted by Crippen LogP contribution is -2.59. The van der Waals surface area contributed by atoms with Gasteiger partial charge in [0.25, 0.3) is 0 Å². The number of piperazine rings is 1. The maximum Gasteiger partial charge on any atom is 0.236 e. The highest BCUT2D eigenvalue weighted by Gasteiger charge is 2.32. The number of benzene rings is 1. The van der Waals surface area contributed by atoms with Crippen LogP contribution in [0.2, 0.25) is 0 Å². The molecule has 0 saturated carbocycles. The van der Waals surface area contributed by atoms with Crippen LogP contribution in [-0.2, 0) is 22.6 Å². The number of carbonyl (C=O) groups is 2. The summed E-state index contributed by atoms with van der Waals surface area (Å²) in [4.78, 5) is 32.5. The molecule has 1 aliphatic rings. The summed E-state index contributed by atoms with van der Waals surface area (Å²) in [6, 6.07) is 10.7. The first-order valence-corrected chi connectivity index (χ1v) is 8.90. The second kappa shape index (κ2) is 8.64. The van der Waals surface area contributed by atoms with E-state index in [4.69, 9.17) is 10.5 Å². The van der Waals surface area contributed by atoms with Gasteiger partial charge in [-0.05, 0) is 29.3 Å². The molecule has 7 heteroatoms. The average Bonchev–Trinajstić information content (AvgIpc) is 2.69. The van der Waals surface area contributed by atoms with Crippen molar-refractivity contribution in [2.45, 2.75) is 19.0 Å². The van der Waals surface area contributed by atoms with Crippen LogP contribution < -0.4 is 10.5 Å². The lowest BCUT2D eigenvalue weighted by atomic mass is 10.1. The fourth-order valence-corrected chi connectivity index (χ4v) is 3.26. The van der Waals surface area contributed by atoms with E-state index in [-0.39, 0.29) is 12.3 Å². The highest BCUT2D eigenvalue weighted by atomic mass is 16.5. The highest BCUT2D eigenvalue weighted by molar-refractivity contribution is 5.83. The van der Waals surface area contributed by atoms with E-state index >= 15 is 0 Å². The van der Waals surface area contributed by atoms with Gasteiger partial charge in [0.15, 0.2) is 0 Å². The Bertz CT molecular complexity index is 780. The van der Waals surface area contributed by atoms with Crippen molar-refractivity contribution in [3.63, 3.8) is 0 Å². The number of methoxy groups -OCH3 is 1. The zero-order valence-corrected chi connectivity index (χ0v) is 15.4. The first-order chi connectivity index (χ1) is 13.1. The normalized spacial score (nSPS) is 17.5. The van der Waals surface area contributed by atoms with Crippen LogP contribution in [0.5, 0.6) is 5.75 Å². The van der Waals surface area contributed by atoms with Crippen molar-refractivity contribution in [2.24, 2.45) is 5.73 Å². The number of rotatable bonds is 6. The number of nitrogens with zero attached hydrogens (tertiary/aromatic N) is 3. The van der Waals surface area contributed by atoms with Crippen molar-refractivity contribution in [1.82, 2.24) is 14.8 Å². The number of ether oxygens (including phenoxy) is 1. The molecule has 2 heterocycles. The van der Waals surface area contributed by atoms with Gasteiger partial charge in [-0.1, -0.05) is 18.2 Å². The minimum Gasteiger partial charge on any atom is -0.497 e. The zero-order chi connectivity index (χ0) is 19.2. The van der Waals surface area contributed by atoms with Gasteiger partial charge in [-0.2, -0.15) is 0 Å². The quantitative estimate of drug-likeness (QED) is 0.816. The van der Waals surface area contributed by atoms with Gasteiger partial charge in [0.2, 0.25) is 11.8 Å². The first-order valence-electron chi connectivity index (χ1n) is 8.90. The third-order valence-corrected chi connectivity index (χ3v) is 4.80. The predicted octanol–water partition coefficient (Wildman–Crippen LogP) is 0.831. The van der Waals surface area contributed by atoms with E-state index < -0.39 is 11.9 Å². The second-order valence-corrected chi connectivity index (χ2v) is 6.61. The average molecular weight is 368 g/mol. The van der Waals surface area contributed by atoms with Crippen molar-refractivity contribution in [1.29, 1.82) is 0 Å². The van der Waals surface area contributed by atoms with Crippen LogP contribution in [0.15, 0.2) is 48.8 Å². The van der Waals surface area contributed by atoms with Gasteiger partial charge in [0, 0.05) is 38.6 Å². The molecule has 0 bridgehead atoms. The van der Waals surface area contributed by atoms with Crippen LogP contribution in [0.1, 0.15) is 11.1 Å². The summed E-state index contributed by atoms with van der Waals surface area (Å²) < 4.78 is 5.13. The Labute approximate surface area is 158 Å². The molecule has 1 atom stereocenters. The molecule has 27 heavy (non-hydrogen) atoms. The zero-order valence-electron chi connectivity index (χ0n) is 15.4. The lowest BCUT2D eigenvalue weighted by Gasteiger charge is -2.40. The Morgan fingerprint density at radius 1 is 1.19 bits per heavy atom. The minimum absolute atomic E-state index is 0.00700. The Morgan fingerprint density at radius 3 is 2.59 bits per heavy atom. The smallest absolute Gasteiger partial charge is 0.236 e. The number of amides is 2. The molecule has 2 N–H and O–H groups in total. The molecule has 2 amide bonds. The molecule has 1 saturated heterocycles. The number of aromatic nitrogens is 1. The number of nitrogens with two attached hydrogens (primary N) is 1. The van der Waals surface area contributed by atoms with Gasteiger partial charge in [-0.25, -0.2) is 0 Å². The van der Waals surface area contributed by atoms with Crippen LogP contribution in [-0.4, -0.2) is 59.4 Å². The maximum atomic E-state index is 12.7. The van der Waals surface area contributed by atoms with Crippen molar-refractivity contribution >= 4 is 11.8 Å². The fraction of sp³-hybridized carbons (Fsp3) is 0.350. The molecule has 1 unspecified atom stereocenters. The number of primary amides is 1. The topological polar surface area (TPSA) is 88.8 Å². The van der Waals surface area contributed by atoms with E-state index in [9.17, 15) is 9.59 Å². The van der Waals surface area contributed by atoms with Crippen molar-refractivity contribution < 1.29 is 14.3 Å². The molecule has 0 radical (unpaired) electrons. The number of pyridine rings is 1. The molecule has 1 fully saturated rings. The van der Waals surface area contributed by atoms with E-state index in [0.717, 1.165) is 16.9 Å². The van der Waals surface area contributed by atoms with Crippen molar-refractivity contribution in [3.8, 4) is 5.75 Å². The highest BCUT2D eigenvalue weighted by Crippen LogP contribution is 2.16. The third kappa shape index (κ3) is 4.83. The molecular weight excluding hydrogens is 344 g/mol. The maximum absolute atomic E-state index is 12.7. The summed E-state index contributed by atoms with van der Waals surface area (Å²) in [5, 5.41) is 0. The van der Waals surface area contributed by atoms with E-state index in [1.165, 1.54) is 0 Å². The van der Waals surface area contributed by atoms with Gasteiger partial charge in [-0.3, -0.25) is 19.5 Å². The molecule has 0 spiro atoms. The van der Waals surface area contributed by atoms with Crippen LogP contribution >= 0.6 is 0 Å². The number of carbonyl (C=O) groups excluding carboxylic acids is 2. The van der Waals surface area contributed by atoms with Gasteiger partial charge in [0.1, 0.15) is 11.8 Å². The van der Waals surface area contributed by atoms with Gasteiger partial charge >= 0.3 is 0 Å². The minimum atomic E-state index is -0.501. The second-order valence-electron chi connectivity index (χ2n) is 6.61. The SMILES string of the molecule is COc1ccc(CC(=O)N2CCN(Cc3cccnc3)C(C(N)=O)C2)cc1. The Hall–Kier alpha value is -2.93. The van der Waals surface area contributed by atoms with Crippen LogP contribution in [0, 0.1) is 0 Å². The van der Waals surface area contributed by atoms with Gasteiger partial charge in [0.05, 0.1) is 13.5 Å². The Morgan fingerprint density at radius 2 is 1.96 bits per heavy atom. The molecule has 7 nitrogen and oxygen atoms in total. The molecule has 0 aliphatic carbocycles.